The fourth-order valence-electron chi connectivity index (χ4n) is 1.64. The van der Waals surface area contributed by atoms with E-state index in [1.807, 2.05) is 18.2 Å². The Balaban J connectivity index is 2.02. The van der Waals surface area contributed by atoms with Crippen molar-refractivity contribution in [2.75, 3.05) is 13.7 Å². The molecule has 1 heterocycles. The zero-order valence-corrected chi connectivity index (χ0v) is 8.94. The molecule has 1 radical (unpaired) electrons. The highest BCUT2D eigenvalue weighted by Gasteiger charge is 2.00. The van der Waals surface area contributed by atoms with Crippen LogP contribution in [0.5, 0.6) is 0 Å². The van der Waals surface area contributed by atoms with Gasteiger partial charge in [-0.2, -0.15) is 0 Å². The van der Waals surface area contributed by atoms with Crippen LogP contribution >= 0.6 is 0 Å². The second kappa shape index (κ2) is 4.94. The third-order valence-electron chi connectivity index (χ3n) is 2.44. The van der Waals surface area contributed by atoms with Gasteiger partial charge in [-0.1, -0.05) is 12.1 Å². The van der Waals surface area contributed by atoms with Gasteiger partial charge in [-0.3, -0.25) is 0 Å². The van der Waals surface area contributed by atoms with E-state index in [0.717, 1.165) is 37.0 Å². The molecule has 0 aliphatic carbocycles. The molecule has 0 fully saturated rings. The van der Waals surface area contributed by atoms with Crippen LogP contribution in [-0.2, 0) is 11.3 Å². The Kier molecular flexibility index (Phi) is 3.35. The topological polar surface area (TPSA) is 27.1 Å². The third-order valence-corrected chi connectivity index (χ3v) is 2.44. The Labute approximate surface area is 89.7 Å². The Bertz CT molecular complexity index is 422. The van der Waals surface area contributed by atoms with Crippen LogP contribution < -0.4 is 0 Å². The maximum absolute atomic E-state index is 5.01. The monoisotopic (exact) mass is 203 g/mol. The molecular formula is C12H15N2O. The highest BCUT2D eigenvalue weighted by atomic mass is 16.5. The summed E-state index contributed by atoms with van der Waals surface area (Å²) in [6.07, 6.45) is 5.20. The maximum Gasteiger partial charge on any atom is 0.177 e. The molecule has 0 amide bonds. The number of imidazole rings is 1. The first-order chi connectivity index (χ1) is 7.42. The summed E-state index contributed by atoms with van der Waals surface area (Å²) in [6, 6.07) is 8.12. The molecule has 2 rings (SSSR count). The summed E-state index contributed by atoms with van der Waals surface area (Å²) in [5, 5.41) is 0. The van der Waals surface area contributed by atoms with E-state index in [-0.39, 0.29) is 0 Å². The van der Waals surface area contributed by atoms with E-state index in [2.05, 4.69) is 21.9 Å². The minimum Gasteiger partial charge on any atom is -0.385 e. The predicted molar refractivity (Wildman–Crippen MR) is 59.7 cm³/mol. The number of rotatable bonds is 5. The lowest BCUT2D eigenvalue weighted by Crippen LogP contribution is -1.98. The van der Waals surface area contributed by atoms with Gasteiger partial charge in [0.25, 0.3) is 0 Å². The Morgan fingerprint density at radius 2 is 2.20 bits per heavy atom. The number of aryl methyl sites for hydroxylation is 1. The van der Waals surface area contributed by atoms with Gasteiger partial charge in [0.2, 0.25) is 0 Å². The van der Waals surface area contributed by atoms with Crippen molar-refractivity contribution in [2.24, 2.45) is 0 Å². The van der Waals surface area contributed by atoms with E-state index in [1.54, 1.807) is 7.11 Å². The van der Waals surface area contributed by atoms with Crippen LogP contribution in [0.2, 0.25) is 0 Å². The van der Waals surface area contributed by atoms with Crippen molar-refractivity contribution in [2.45, 2.75) is 19.4 Å². The largest absolute Gasteiger partial charge is 0.385 e. The number of aromatic nitrogens is 2. The van der Waals surface area contributed by atoms with Crippen LogP contribution in [0.15, 0.2) is 24.3 Å². The van der Waals surface area contributed by atoms with Crippen molar-refractivity contribution >= 4 is 11.0 Å². The lowest BCUT2D eigenvalue weighted by molar-refractivity contribution is 0.191. The quantitative estimate of drug-likeness (QED) is 0.697. The molecule has 0 unspecified atom stereocenters. The average molecular weight is 203 g/mol. The van der Waals surface area contributed by atoms with E-state index >= 15 is 0 Å². The van der Waals surface area contributed by atoms with Crippen LogP contribution in [0.4, 0.5) is 0 Å². The lowest BCUT2D eigenvalue weighted by atomic mass is 10.3. The standard InChI is InChI=1S/C12H15N2O/c1-15-9-5-4-8-14-10-13-11-6-2-3-7-12(11)14/h2-3,6-7H,4-5,8-9H2,1H3. The molecular weight excluding hydrogens is 188 g/mol. The predicted octanol–water partition coefficient (Wildman–Crippen LogP) is 2.26. The molecule has 1 aromatic carbocycles. The first-order valence-electron chi connectivity index (χ1n) is 5.23. The molecule has 0 saturated carbocycles. The van der Waals surface area contributed by atoms with Crippen molar-refractivity contribution in [3.05, 3.63) is 30.6 Å². The number of para-hydroxylation sites is 2. The molecule has 2 aromatic rings. The maximum atomic E-state index is 5.01. The highest BCUT2D eigenvalue weighted by molar-refractivity contribution is 5.74. The Hall–Kier alpha value is -1.35. The van der Waals surface area contributed by atoms with Crippen molar-refractivity contribution < 1.29 is 4.74 Å². The van der Waals surface area contributed by atoms with Crippen LogP contribution in [0, 0.1) is 6.33 Å². The molecule has 0 bridgehead atoms. The zero-order valence-electron chi connectivity index (χ0n) is 8.94. The Morgan fingerprint density at radius 3 is 3.07 bits per heavy atom. The van der Waals surface area contributed by atoms with E-state index in [0.29, 0.717) is 0 Å². The minimum absolute atomic E-state index is 0.826. The lowest BCUT2D eigenvalue weighted by Gasteiger charge is -2.02. The van der Waals surface area contributed by atoms with Gasteiger partial charge in [-0.15, -0.1) is 0 Å². The highest BCUT2D eigenvalue weighted by Crippen LogP contribution is 2.11. The summed E-state index contributed by atoms with van der Waals surface area (Å²) in [4.78, 5) is 4.22. The summed E-state index contributed by atoms with van der Waals surface area (Å²) >= 11 is 0. The second-order valence-electron chi connectivity index (χ2n) is 3.55. The number of unbranched alkanes of at least 4 members (excludes halogenated alkanes) is 1. The van der Waals surface area contributed by atoms with E-state index < -0.39 is 0 Å². The van der Waals surface area contributed by atoms with Crippen LogP contribution in [0.3, 0.4) is 0 Å². The molecule has 0 atom stereocenters. The number of methoxy groups -OCH3 is 1. The summed E-state index contributed by atoms with van der Waals surface area (Å²) in [7, 11) is 1.73. The first kappa shape index (κ1) is 10.2. The van der Waals surface area contributed by atoms with Crippen molar-refractivity contribution in [1.29, 1.82) is 0 Å². The number of ether oxygens (including phenoxy) is 1. The molecule has 0 aliphatic rings. The number of benzene rings is 1. The third kappa shape index (κ3) is 2.36. The van der Waals surface area contributed by atoms with Gasteiger partial charge in [0.15, 0.2) is 6.33 Å². The van der Waals surface area contributed by atoms with Crippen molar-refractivity contribution in [3.8, 4) is 0 Å². The van der Waals surface area contributed by atoms with Gasteiger partial charge < -0.3 is 9.30 Å². The van der Waals surface area contributed by atoms with Gasteiger partial charge in [0.05, 0.1) is 11.0 Å². The van der Waals surface area contributed by atoms with Crippen molar-refractivity contribution in [3.63, 3.8) is 0 Å². The summed E-state index contributed by atoms with van der Waals surface area (Å²) in [6.45, 7) is 1.79. The van der Waals surface area contributed by atoms with E-state index in [1.165, 1.54) is 0 Å². The molecule has 3 nitrogen and oxygen atoms in total. The van der Waals surface area contributed by atoms with E-state index in [9.17, 15) is 0 Å². The molecule has 0 N–H and O–H groups in total. The summed E-state index contributed by atoms with van der Waals surface area (Å²) in [5.74, 6) is 0. The number of hydrogen-bond acceptors (Lipinski definition) is 2. The van der Waals surface area contributed by atoms with Crippen LogP contribution in [0.25, 0.3) is 11.0 Å². The number of nitrogens with zero attached hydrogens (tertiary/aromatic N) is 2. The summed E-state index contributed by atoms with van der Waals surface area (Å²) < 4.78 is 7.09. The molecule has 15 heavy (non-hydrogen) atoms. The number of fused-ring (bicyclic) bond motifs is 1. The SMILES string of the molecule is COCCCCn1[c]nc2ccccc21. The fraction of sp³-hybridized carbons (Fsp3) is 0.417. The normalized spacial score (nSPS) is 11.0. The molecule has 0 saturated heterocycles. The average Bonchev–Trinajstić information content (AvgIpc) is 2.68. The molecule has 79 valence electrons. The molecule has 0 spiro atoms. The van der Waals surface area contributed by atoms with E-state index in [4.69, 9.17) is 4.74 Å². The summed E-state index contributed by atoms with van der Waals surface area (Å²) in [5.41, 5.74) is 2.18. The molecule has 1 aromatic heterocycles. The van der Waals surface area contributed by atoms with Gasteiger partial charge in [-0.25, -0.2) is 4.98 Å². The molecule has 3 heteroatoms. The molecule has 0 aliphatic heterocycles. The minimum atomic E-state index is 0.826. The fourth-order valence-corrected chi connectivity index (χ4v) is 1.64. The van der Waals surface area contributed by atoms with Gasteiger partial charge >= 0.3 is 0 Å². The Morgan fingerprint density at radius 1 is 1.33 bits per heavy atom. The van der Waals surface area contributed by atoms with Crippen LogP contribution in [0.1, 0.15) is 12.8 Å². The van der Waals surface area contributed by atoms with Crippen LogP contribution in [-0.4, -0.2) is 23.3 Å². The van der Waals surface area contributed by atoms with Gasteiger partial charge in [0.1, 0.15) is 0 Å². The first-order valence-corrected chi connectivity index (χ1v) is 5.23. The van der Waals surface area contributed by atoms with Gasteiger partial charge in [-0.05, 0) is 25.0 Å². The zero-order chi connectivity index (χ0) is 10.5. The van der Waals surface area contributed by atoms with Gasteiger partial charge in [0, 0.05) is 20.3 Å². The smallest absolute Gasteiger partial charge is 0.177 e. The number of hydrogen-bond donors (Lipinski definition) is 0. The second-order valence-corrected chi connectivity index (χ2v) is 3.55. The van der Waals surface area contributed by atoms with Crippen molar-refractivity contribution in [1.82, 2.24) is 9.55 Å².